The van der Waals surface area contributed by atoms with E-state index in [1.807, 2.05) is 24.3 Å². The van der Waals surface area contributed by atoms with Crippen LogP contribution in [-0.4, -0.2) is 14.2 Å². The van der Waals surface area contributed by atoms with Crippen LogP contribution in [0.25, 0.3) is 33.4 Å². The van der Waals surface area contributed by atoms with Gasteiger partial charge >= 0.3 is 0 Å². The minimum atomic E-state index is 0.190. The van der Waals surface area contributed by atoms with Gasteiger partial charge in [0.15, 0.2) is 0 Å². The Labute approximate surface area is 183 Å². The highest BCUT2D eigenvalue weighted by Gasteiger charge is 2.52. The molecule has 0 radical (unpaired) electrons. The topological polar surface area (TPSA) is 18.5 Å². The van der Waals surface area contributed by atoms with E-state index in [1.54, 1.807) is 14.2 Å². The third-order valence-corrected chi connectivity index (χ3v) is 6.96. The Morgan fingerprint density at radius 3 is 1.26 bits per heavy atom. The predicted molar refractivity (Wildman–Crippen MR) is 126 cm³/mol. The quantitative estimate of drug-likeness (QED) is 0.361. The zero-order chi connectivity index (χ0) is 21.0. The van der Waals surface area contributed by atoms with Crippen molar-refractivity contribution >= 4 is 0 Å². The predicted octanol–water partition coefficient (Wildman–Crippen LogP) is 7.10. The van der Waals surface area contributed by atoms with Crippen LogP contribution >= 0.6 is 0 Å². The van der Waals surface area contributed by atoms with Gasteiger partial charge < -0.3 is 9.47 Å². The van der Waals surface area contributed by atoms with Gasteiger partial charge in [0, 0.05) is 5.41 Å². The smallest absolute Gasteiger partial charge is 0.118 e. The maximum absolute atomic E-state index is 5.32. The first-order valence-electron chi connectivity index (χ1n) is 10.8. The lowest BCUT2D eigenvalue weighted by atomic mass is 9.90. The van der Waals surface area contributed by atoms with Crippen molar-refractivity contribution in [1.82, 2.24) is 0 Å². The molecule has 0 N–H and O–H groups in total. The fourth-order valence-electron chi connectivity index (χ4n) is 5.08. The third-order valence-electron chi connectivity index (χ3n) is 6.96. The van der Waals surface area contributed by atoms with Crippen LogP contribution in [0, 0.1) is 0 Å². The van der Waals surface area contributed by atoms with Crippen molar-refractivity contribution in [3.63, 3.8) is 0 Å². The largest absolute Gasteiger partial charge is 0.497 e. The molecule has 2 nitrogen and oxygen atoms in total. The van der Waals surface area contributed by atoms with Gasteiger partial charge in [0.05, 0.1) is 14.2 Å². The summed E-state index contributed by atoms with van der Waals surface area (Å²) in [5, 5.41) is 0. The molecule has 0 atom stereocenters. The van der Waals surface area contributed by atoms with Gasteiger partial charge in [0.1, 0.15) is 11.5 Å². The van der Waals surface area contributed by atoms with E-state index in [-0.39, 0.29) is 5.41 Å². The molecule has 0 saturated heterocycles. The average Bonchev–Trinajstić information content (AvgIpc) is 3.60. The summed E-state index contributed by atoms with van der Waals surface area (Å²) < 4.78 is 10.6. The Hall–Kier alpha value is -3.52. The van der Waals surface area contributed by atoms with Gasteiger partial charge in [0.25, 0.3) is 0 Å². The molecule has 0 unspecified atom stereocenters. The maximum atomic E-state index is 5.32. The number of methoxy groups -OCH3 is 2. The van der Waals surface area contributed by atoms with Gasteiger partial charge in [-0.25, -0.2) is 0 Å². The lowest BCUT2D eigenvalue weighted by Crippen LogP contribution is -2.03. The molecule has 2 aliphatic carbocycles. The normalized spacial score (nSPS) is 14.8. The summed E-state index contributed by atoms with van der Waals surface area (Å²) in [6.45, 7) is 0. The third kappa shape index (κ3) is 2.79. The summed E-state index contributed by atoms with van der Waals surface area (Å²) >= 11 is 0. The Morgan fingerprint density at radius 1 is 0.516 bits per heavy atom. The van der Waals surface area contributed by atoms with Crippen molar-refractivity contribution in [3.8, 4) is 44.9 Å². The molecular formula is C29H24O2. The molecule has 0 aliphatic heterocycles. The van der Waals surface area contributed by atoms with E-state index >= 15 is 0 Å². The maximum Gasteiger partial charge on any atom is 0.118 e. The molecule has 0 amide bonds. The summed E-state index contributed by atoms with van der Waals surface area (Å²) in [5.74, 6) is 1.78. The molecule has 0 bridgehead atoms. The number of rotatable bonds is 4. The second-order valence-corrected chi connectivity index (χ2v) is 8.56. The lowest BCUT2D eigenvalue weighted by Gasteiger charge is -2.13. The molecule has 152 valence electrons. The molecule has 4 aromatic carbocycles. The van der Waals surface area contributed by atoms with Crippen LogP contribution in [0.2, 0.25) is 0 Å². The van der Waals surface area contributed by atoms with Gasteiger partial charge in [-0.15, -0.1) is 0 Å². The number of ether oxygens (including phenoxy) is 2. The molecule has 0 heterocycles. The van der Waals surface area contributed by atoms with Crippen LogP contribution in [0.3, 0.4) is 0 Å². The number of benzene rings is 4. The number of hydrogen-bond donors (Lipinski definition) is 0. The molecule has 31 heavy (non-hydrogen) atoms. The highest BCUT2D eigenvalue weighted by molar-refractivity contribution is 5.87. The van der Waals surface area contributed by atoms with Crippen molar-refractivity contribution in [2.45, 2.75) is 18.3 Å². The molecule has 2 heteroatoms. The summed E-state index contributed by atoms with van der Waals surface area (Å²) in [5.41, 5.74) is 11.0. The second kappa shape index (κ2) is 6.75. The molecule has 1 saturated carbocycles. The van der Waals surface area contributed by atoms with E-state index in [0.29, 0.717) is 0 Å². The number of fused-ring (bicyclic) bond motifs is 5. The van der Waals surface area contributed by atoms with Crippen LogP contribution in [0.5, 0.6) is 11.5 Å². The van der Waals surface area contributed by atoms with Gasteiger partial charge in [-0.1, -0.05) is 48.5 Å². The minimum Gasteiger partial charge on any atom is -0.497 e. The van der Waals surface area contributed by atoms with Crippen molar-refractivity contribution in [2.24, 2.45) is 0 Å². The Balaban J connectivity index is 1.41. The average molecular weight is 405 g/mol. The Kier molecular flexibility index (Phi) is 3.97. The Bertz CT molecular complexity index is 1180. The Morgan fingerprint density at radius 2 is 0.903 bits per heavy atom. The molecular weight excluding hydrogens is 380 g/mol. The van der Waals surface area contributed by atoms with Gasteiger partial charge in [-0.2, -0.15) is 0 Å². The zero-order valence-corrected chi connectivity index (χ0v) is 17.8. The highest BCUT2D eigenvalue weighted by Crippen LogP contribution is 2.63. The highest BCUT2D eigenvalue weighted by atomic mass is 16.5. The second-order valence-electron chi connectivity index (χ2n) is 8.56. The van der Waals surface area contributed by atoms with Gasteiger partial charge in [0.2, 0.25) is 0 Å². The summed E-state index contributed by atoms with van der Waals surface area (Å²) in [7, 11) is 3.41. The fourth-order valence-corrected chi connectivity index (χ4v) is 5.08. The zero-order valence-electron chi connectivity index (χ0n) is 17.8. The van der Waals surface area contributed by atoms with E-state index in [1.165, 1.54) is 57.3 Å². The molecule has 1 spiro atoms. The minimum absolute atomic E-state index is 0.190. The lowest BCUT2D eigenvalue weighted by molar-refractivity contribution is 0.415. The molecule has 1 fully saturated rings. The van der Waals surface area contributed by atoms with Crippen LogP contribution in [0.15, 0.2) is 84.9 Å². The summed E-state index contributed by atoms with van der Waals surface area (Å²) in [6.07, 6.45) is 2.45. The van der Waals surface area contributed by atoms with Crippen LogP contribution in [0.1, 0.15) is 24.0 Å². The molecule has 0 aromatic heterocycles. The van der Waals surface area contributed by atoms with E-state index in [2.05, 4.69) is 60.7 Å². The van der Waals surface area contributed by atoms with Crippen molar-refractivity contribution < 1.29 is 9.47 Å². The molecule has 6 rings (SSSR count). The molecule has 2 aliphatic rings. The van der Waals surface area contributed by atoms with Crippen molar-refractivity contribution in [2.75, 3.05) is 14.2 Å². The first-order valence-corrected chi connectivity index (χ1v) is 10.8. The van der Waals surface area contributed by atoms with Crippen LogP contribution in [-0.2, 0) is 5.41 Å². The van der Waals surface area contributed by atoms with E-state index in [9.17, 15) is 0 Å². The summed E-state index contributed by atoms with van der Waals surface area (Å²) in [4.78, 5) is 0. The summed E-state index contributed by atoms with van der Waals surface area (Å²) in [6, 6.07) is 30.7. The fraction of sp³-hybridized carbons (Fsp3) is 0.172. The SMILES string of the molecule is COc1ccc(-c2ccc3c(c2)C2(CC2)c2cc(-c4ccc(OC)cc4)ccc2-3)cc1. The van der Waals surface area contributed by atoms with Crippen molar-refractivity contribution in [1.29, 1.82) is 0 Å². The first kappa shape index (κ1) is 18.3. The first-order chi connectivity index (χ1) is 15.2. The standard InChI is InChI=1S/C29H24O2/c1-30-23-9-3-19(4-10-23)21-7-13-25-26-14-8-22(20-5-11-24(31-2)12-6-20)18-28(26)29(15-16-29)27(25)17-21/h3-14,17-18H,15-16H2,1-2H3. The van der Waals surface area contributed by atoms with Gasteiger partial charge in [-0.05, 0) is 93.7 Å². The van der Waals surface area contributed by atoms with Crippen LogP contribution < -0.4 is 9.47 Å². The molecule has 4 aromatic rings. The van der Waals surface area contributed by atoms with E-state index in [0.717, 1.165) is 11.5 Å². The van der Waals surface area contributed by atoms with Crippen LogP contribution in [0.4, 0.5) is 0 Å². The van der Waals surface area contributed by atoms with E-state index < -0.39 is 0 Å². The monoisotopic (exact) mass is 404 g/mol. The van der Waals surface area contributed by atoms with Crippen molar-refractivity contribution in [3.05, 3.63) is 96.1 Å². The van der Waals surface area contributed by atoms with E-state index in [4.69, 9.17) is 9.47 Å². The number of hydrogen-bond acceptors (Lipinski definition) is 2. The van der Waals surface area contributed by atoms with Gasteiger partial charge in [-0.3, -0.25) is 0 Å².